The third-order valence-corrected chi connectivity index (χ3v) is 3.68. The molecule has 0 N–H and O–H groups in total. The van der Waals surface area contributed by atoms with Crippen LogP contribution in [-0.2, 0) is 6.54 Å². The summed E-state index contributed by atoms with van der Waals surface area (Å²) in [4.78, 5) is 2.42. The van der Waals surface area contributed by atoms with Crippen LogP contribution in [0.1, 0.15) is 24.1 Å². The van der Waals surface area contributed by atoms with Gasteiger partial charge in [-0.15, -0.1) is 0 Å². The van der Waals surface area contributed by atoms with Gasteiger partial charge in [0, 0.05) is 23.6 Å². The summed E-state index contributed by atoms with van der Waals surface area (Å²) in [5.74, 6) is 0. The standard InChI is InChI=1S/C18H20BrN/c1-15(19)13-20(14-17-9-5-3-6-10-17)16(2)18-11-7-4-8-12-18/h3-12,16H,1,13-14H2,2H3/t16-/m0/s1. The van der Waals surface area contributed by atoms with Gasteiger partial charge in [-0.2, -0.15) is 0 Å². The lowest BCUT2D eigenvalue weighted by atomic mass is 10.1. The zero-order chi connectivity index (χ0) is 14.4. The molecule has 2 rings (SSSR count). The topological polar surface area (TPSA) is 3.24 Å². The second-order valence-corrected chi connectivity index (χ2v) is 6.12. The van der Waals surface area contributed by atoms with E-state index in [0.29, 0.717) is 6.04 Å². The molecule has 1 atom stereocenters. The van der Waals surface area contributed by atoms with E-state index in [-0.39, 0.29) is 0 Å². The minimum absolute atomic E-state index is 0.353. The average molecular weight is 330 g/mol. The summed E-state index contributed by atoms with van der Waals surface area (Å²) in [5, 5.41) is 0. The largest absolute Gasteiger partial charge is 0.288 e. The van der Waals surface area contributed by atoms with Gasteiger partial charge in [-0.05, 0) is 18.1 Å². The van der Waals surface area contributed by atoms with Crippen LogP contribution in [-0.4, -0.2) is 11.4 Å². The maximum Gasteiger partial charge on any atom is 0.0327 e. The van der Waals surface area contributed by atoms with Crippen LogP contribution in [0.5, 0.6) is 0 Å². The molecular weight excluding hydrogens is 310 g/mol. The fourth-order valence-electron chi connectivity index (χ4n) is 2.31. The zero-order valence-corrected chi connectivity index (χ0v) is 13.4. The first-order chi connectivity index (χ1) is 9.66. The van der Waals surface area contributed by atoms with E-state index in [1.165, 1.54) is 11.1 Å². The van der Waals surface area contributed by atoms with Crippen molar-refractivity contribution in [3.05, 3.63) is 82.9 Å². The lowest BCUT2D eigenvalue weighted by molar-refractivity contribution is 0.224. The summed E-state index contributed by atoms with van der Waals surface area (Å²) in [7, 11) is 0. The van der Waals surface area contributed by atoms with E-state index in [1.807, 2.05) is 0 Å². The molecule has 1 nitrogen and oxygen atoms in total. The highest BCUT2D eigenvalue weighted by molar-refractivity contribution is 9.11. The van der Waals surface area contributed by atoms with Crippen molar-refractivity contribution in [3.8, 4) is 0 Å². The number of hydrogen-bond donors (Lipinski definition) is 0. The van der Waals surface area contributed by atoms with Crippen LogP contribution >= 0.6 is 15.9 Å². The third-order valence-electron chi connectivity index (χ3n) is 3.43. The van der Waals surface area contributed by atoms with Crippen molar-refractivity contribution in [3.63, 3.8) is 0 Å². The van der Waals surface area contributed by atoms with Gasteiger partial charge in [-0.25, -0.2) is 0 Å². The molecular formula is C18H20BrN. The van der Waals surface area contributed by atoms with Gasteiger partial charge in [-0.1, -0.05) is 83.2 Å². The van der Waals surface area contributed by atoms with E-state index < -0.39 is 0 Å². The van der Waals surface area contributed by atoms with Crippen LogP contribution in [0.15, 0.2) is 71.7 Å². The first-order valence-corrected chi connectivity index (χ1v) is 7.62. The van der Waals surface area contributed by atoms with Crippen LogP contribution in [0, 0.1) is 0 Å². The first kappa shape index (κ1) is 15.0. The van der Waals surface area contributed by atoms with Crippen LogP contribution in [0.25, 0.3) is 0 Å². The lowest BCUT2D eigenvalue weighted by Gasteiger charge is -2.29. The third kappa shape index (κ3) is 4.32. The van der Waals surface area contributed by atoms with E-state index in [9.17, 15) is 0 Å². The Bertz CT molecular complexity index is 536. The molecule has 0 aliphatic heterocycles. The Morgan fingerprint density at radius 1 is 1.05 bits per heavy atom. The van der Waals surface area contributed by atoms with Gasteiger partial charge in [0.2, 0.25) is 0 Å². The van der Waals surface area contributed by atoms with Crippen molar-refractivity contribution in [1.29, 1.82) is 0 Å². The second-order valence-electron chi connectivity index (χ2n) is 4.99. The molecule has 0 saturated heterocycles. The molecule has 0 spiro atoms. The second kappa shape index (κ2) is 7.41. The smallest absolute Gasteiger partial charge is 0.0327 e. The molecule has 0 heterocycles. The van der Waals surface area contributed by atoms with Gasteiger partial charge in [-0.3, -0.25) is 4.90 Å². The Morgan fingerprint density at radius 3 is 2.15 bits per heavy atom. The van der Waals surface area contributed by atoms with E-state index >= 15 is 0 Å². The van der Waals surface area contributed by atoms with E-state index in [1.54, 1.807) is 0 Å². The molecule has 0 radical (unpaired) electrons. The average Bonchev–Trinajstić information content (AvgIpc) is 2.47. The SMILES string of the molecule is C=C(Br)CN(Cc1ccccc1)[C@@H](C)c1ccccc1. The summed E-state index contributed by atoms with van der Waals surface area (Å²) < 4.78 is 1.01. The number of rotatable bonds is 6. The fraction of sp³-hybridized carbons (Fsp3) is 0.222. The molecule has 0 bridgehead atoms. The maximum absolute atomic E-state index is 3.99. The molecule has 0 unspecified atom stereocenters. The summed E-state index contributed by atoms with van der Waals surface area (Å²) >= 11 is 3.49. The van der Waals surface area contributed by atoms with E-state index in [0.717, 1.165) is 17.6 Å². The van der Waals surface area contributed by atoms with Gasteiger partial charge >= 0.3 is 0 Å². The highest BCUT2D eigenvalue weighted by Gasteiger charge is 2.16. The molecule has 20 heavy (non-hydrogen) atoms. The molecule has 0 saturated carbocycles. The monoisotopic (exact) mass is 329 g/mol. The van der Waals surface area contributed by atoms with Crippen LogP contribution < -0.4 is 0 Å². The summed E-state index contributed by atoms with van der Waals surface area (Å²) in [6, 6.07) is 21.5. The normalized spacial score (nSPS) is 12.3. The van der Waals surface area contributed by atoms with Crippen molar-refractivity contribution >= 4 is 15.9 Å². The number of nitrogens with zero attached hydrogens (tertiary/aromatic N) is 1. The molecule has 2 aromatic rings. The Hall–Kier alpha value is -1.38. The number of hydrogen-bond acceptors (Lipinski definition) is 1. The van der Waals surface area contributed by atoms with Crippen molar-refractivity contribution in [2.45, 2.75) is 19.5 Å². The predicted molar refractivity (Wildman–Crippen MR) is 89.8 cm³/mol. The van der Waals surface area contributed by atoms with Gasteiger partial charge in [0.15, 0.2) is 0 Å². The number of benzene rings is 2. The summed E-state index contributed by atoms with van der Waals surface area (Å²) in [5.41, 5.74) is 2.65. The molecule has 2 aromatic carbocycles. The maximum atomic E-state index is 3.99. The van der Waals surface area contributed by atoms with Gasteiger partial charge in [0.25, 0.3) is 0 Å². The van der Waals surface area contributed by atoms with Crippen molar-refractivity contribution in [2.24, 2.45) is 0 Å². The quantitative estimate of drug-likeness (QED) is 0.707. The lowest BCUT2D eigenvalue weighted by Crippen LogP contribution is -2.27. The number of halogens is 1. The molecule has 0 amide bonds. The molecule has 104 valence electrons. The van der Waals surface area contributed by atoms with Gasteiger partial charge in [0.1, 0.15) is 0 Å². The van der Waals surface area contributed by atoms with Gasteiger partial charge < -0.3 is 0 Å². The highest BCUT2D eigenvalue weighted by atomic mass is 79.9. The van der Waals surface area contributed by atoms with E-state index in [4.69, 9.17) is 0 Å². The van der Waals surface area contributed by atoms with Crippen molar-refractivity contribution in [1.82, 2.24) is 4.90 Å². The Kier molecular flexibility index (Phi) is 5.57. The van der Waals surface area contributed by atoms with Crippen molar-refractivity contribution < 1.29 is 0 Å². The molecule has 0 aromatic heterocycles. The zero-order valence-electron chi connectivity index (χ0n) is 11.8. The first-order valence-electron chi connectivity index (χ1n) is 6.83. The molecule has 0 aliphatic carbocycles. The fourth-order valence-corrected chi connectivity index (χ4v) is 2.63. The summed E-state index contributed by atoms with van der Waals surface area (Å²) in [6.45, 7) is 7.99. The van der Waals surface area contributed by atoms with Crippen LogP contribution in [0.4, 0.5) is 0 Å². The summed E-state index contributed by atoms with van der Waals surface area (Å²) in [6.07, 6.45) is 0. The Morgan fingerprint density at radius 2 is 1.60 bits per heavy atom. The van der Waals surface area contributed by atoms with E-state index in [2.05, 4.69) is 95.0 Å². The predicted octanol–water partition coefficient (Wildman–Crippen LogP) is 5.16. The Labute approximate surface area is 130 Å². The molecule has 2 heteroatoms. The van der Waals surface area contributed by atoms with Crippen molar-refractivity contribution in [2.75, 3.05) is 6.54 Å². The highest BCUT2D eigenvalue weighted by Crippen LogP contribution is 2.24. The minimum Gasteiger partial charge on any atom is -0.288 e. The van der Waals surface area contributed by atoms with Crippen LogP contribution in [0.2, 0.25) is 0 Å². The molecule has 0 fully saturated rings. The van der Waals surface area contributed by atoms with Crippen LogP contribution in [0.3, 0.4) is 0 Å². The van der Waals surface area contributed by atoms with Gasteiger partial charge in [0.05, 0.1) is 0 Å². The Balaban J connectivity index is 2.17. The molecule has 0 aliphatic rings. The minimum atomic E-state index is 0.353.